The highest BCUT2D eigenvalue weighted by molar-refractivity contribution is 5.16. The van der Waals surface area contributed by atoms with Crippen molar-refractivity contribution in [3.05, 3.63) is 10.1 Å². The van der Waals surface area contributed by atoms with Gasteiger partial charge in [-0.15, -0.1) is 10.1 Å². The van der Waals surface area contributed by atoms with E-state index in [1.165, 1.54) is 19.3 Å². The van der Waals surface area contributed by atoms with Crippen LogP contribution in [0.4, 0.5) is 0 Å². The Kier molecular flexibility index (Phi) is 1.59. The molecule has 98 valence electrons. The molecule has 18 heavy (non-hydrogen) atoms. The molecule has 0 saturated heterocycles. The summed E-state index contributed by atoms with van der Waals surface area (Å²) in [6.07, 6.45) is 7.21. The molecule has 7 fully saturated rings. The van der Waals surface area contributed by atoms with Gasteiger partial charge in [-0.05, 0) is 80.0 Å². The Hall–Kier alpha value is -0.800. The van der Waals surface area contributed by atoms with E-state index in [9.17, 15) is 10.1 Å². The maximum absolute atomic E-state index is 10.8. The first-order chi connectivity index (χ1) is 8.65. The lowest BCUT2D eigenvalue weighted by atomic mass is 9.35. The molecule has 0 aromatic rings. The van der Waals surface area contributed by atoms with Crippen LogP contribution >= 0.6 is 0 Å². The monoisotopic (exact) mass is 249 g/mol. The quantitative estimate of drug-likeness (QED) is 0.558. The van der Waals surface area contributed by atoms with Crippen LogP contribution in [0.5, 0.6) is 0 Å². The fraction of sp³-hybridized carbons (Fsp3) is 1.00. The number of hydrogen-bond acceptors (Lipinski definition) is 3. The first-order valence-corrected chi connectivity index (χ1v) is 7.49. The molecule has 0 radical (unpaired) electrons. The van der Waals surface area contributed by atoms with Crippen molar-refractivity contribution in [2.24, 2.45) is 41.4 Å². The van der Waals surface area contributed by atoms with Crippen molar-refractivity contribution in [2.75, 3.05) is 0 Å². The van der Waals surface area contributed by atoms with Crippen LogP contribution in [0.1, 0.15) is 38.5 Å². The molecule has 7 rings (SSSR count). The minimum absolute atomic E-state index is 0.378. The Balaban J connectivity index is 1.56. The summed E-state index contributed by atoms with van der Waals surface area (Å²) >= 11 is 0. The average Bonchev–Trinajstić information content (AvgIpc) is 2.33. The van der Waals surface area contributed by atoms with E-state index in [2.05, 4.69) is 0 Å². The summed E-state index contributed by atoms with van der Waals surface area (Å²) in [6, 6.07) is 0. The fourth-order valence-corrected chi connectivity index (χ4v) is 7.11. The van der Waals surface area contributed by atoms with Crippen molar-refractivity contribution in [1.29, 1.82) is 0 Å². The number of rotatable bonds is 2. The van der Waals surface area contributed by atoms with E-state index in [4.69, 9.17) is 4.84 Å². The zero-order valence-corrected chi connectivity index (χ0v) is 10.5. The van der Waals surface area contributed by atoms with Gasteiger partial charge in [0.15, 0.2) is 0 Å². The van der Waals surface area contributed by atoms with Gasteiger partial charge in [0.1, 0.15) is 5.60 Å². The van der Waals surface area contributed by atoms with Gasteiger partial charge in [0.25, 0.3) is 5.09 Å². The molecule has 0 aliphatic heterocycles. The Bertz CT molecular complexity index is 374. The molecule has 4 heteroatoms. The Morgan fingerprint density at radius 2 is 1.33 bits per heavy atom. The van der Waals surface area contributed by atoms with E-state index >= 15 is 0 Å². The van der Waals surface area contributed by atoms with Crippen LogP contribution in [0.2, 0.25) is 0 Å². The smallest absolute Gasteiger partial charge is 0.295 e. The topological polar surface area (TPSA) is 52.4 Å². The maximum atomic E-state index is 10.8. The first-order valence-electron chi connectivity index (χ1n) is 7.49. The predicted octanol–water partition coefficient (Wildman–Crippen LogP) is 2.66. The van der Waals surface area contributed by atoms with Gasteiger partial charge in [-0.1, -0.05) is 0 Å². The zero-order chi connectivity index (χ0) is 12.1. The summed E-state index contributed by atoms with van der Waals surface area (Å²) in [6.45, 7) is 0. The lowest BCUT2D eigenvalue weighted by Gasteiger charge is -2.71. The standard InChI is InChI=1S/C14H19NO3/c16-15(17)18-14-4-11-8-1-7-2-9(11)13(6-14)10(3-7)12(8)5-14/h7-13H,1-6H2. The summed E-state index contributed by atoms with van der Waals surface area (Å²) in [5.41, 5.74) is -0.378. The van der Waals surface area contributed by atoms with E-state index < -0.39 is 5.09 Å². The summed E-state index contributed by atoms with van der Waals surface area (Å²) in [4.78, 5) is 16.0. The molecule has 0 atom stereocenters. The van der Waals surface area contributed by atoms with Crippen LogP contribution < -0.4 is 0 Å². The molecule has 4 nitrogen and oxygen atoms in total. The second-order valence-corrected chi connectivity index (χ2v) is 7.67. The molecular formula is C14H19NO3. The summed E-state index contributed by atoms with van der Waals surface area (Å²) < 4.78 is 0. The highest BCUT2D eigenvalue weighted by Crippen LogP contribution is 2.72. The minimum atomic E-state index is -0.521. The third-order valence-corrected chi connectivity index (χ3v) is 7.21. The molecule has 0 aromatic heterocycles. The van der Waals surface area contributed by atoms with E-state index in [1.807, 2.05) is 0 Å². The van der Waals surface area contributed by atoms with Crippen molar-refractivity contribution in [3.63, 3.8) is 0 Å². The highest BCUT2D eigenvalue weighted by atomic mass is 17.0. The number of hydrogen-bond donors (Lipinski definition) is 0. The van der Waals surface area contributed by atoms with E-state index in [-0.39, 0.29) is 5.60 Å². The van der Waals surface area contributed by atoms with Gasteiger partial charge in [-0.2, -0.15) is 0 Å². The van der Waals surface area contributed by atoms with Crippen molar-refractivity contribution >= 4 is 0 Å². The Morgan fingerprint density at radius 3 is 1.72 bits per heavy atom. The van der Waals surface area contributed by atoms with Gasteiger partial charge in [-0.3, -0.25) is 0 Å². The van der Waals surface area contributed by atoms with Crippen LogP contribution in [0.15, 0.2) is 0 Å². The highest BCUT2D eigenvalue weighted by Gasteiger charge is 2.68. The van der Waals surface area contributed by atoms with Gasteiger partial charge >= 0.3 is 0 Å². The van der Waals surface area contributed by atoms with E-state index in [0.717, 1.165) is 60.7 Å². The summed E-state index contributed by atoms with van der Waals surface area (Å²) in [5.74, 6) is 5.96. The second-order valence-electron chi connectivity index (χ2n) is 7.67. The van der Waals surface area contributed by atoms with Crippen LogP contribution in [0, 0.1) is 51.5 Å². The molecule has 7 saturated carbocycles. The molecular weight excluding hydrogens is 230 g/mol. The van der Waals surface area contributed by atoms with Crippen LogP contribution in [-0.2, 0) is 4.84 Å². The van der Waals surface area contributed by atoms with Crippen LogP contribution in [0.3, 0.4) is 0 Å². The van der Waals surface area contributed by atoms with Gasteiger partial charge in [0.2, 0.25) is 0 Å². The van der Waals surface area contributed by atoms with Gasteiger partial charge in [-0.25, -0.2) is 0 Å². The molecule has 7 aliphatic rings. The van der Waals surface area contributed by atoms with Crippen molar-refractivity contribution in [2.45, 2.75) is 44.1 Å². The Morgan fingerprint density at radius 1 is 0.889 bits per heavy atom. The Labute approximate surface area is 106 Å². The number of nitrogens with zero attached hydrogens (tertiary/aromatic N) is 1. The molecule has 0 unspecified atom stereocenters. The normalized spacial score (nSPS) is 62.3. The van der Waals surface area contributed by atoms with Gasteiger partial charge in [0, 0.05) is 0 Å². The van der Waals surface area contributed by atoms with Crippen LogP contribution in [-0.4, -0.2) is 10.7 Å². The first kappa shape index (κ1) is 10.0. The third kappa shape index (κ3) is 1.01. The van der Waals surface area contributed by atoms with Crippen molar-refractivity contribution in [1.82, 2.24) is 0 Å². The lowest BCUT2D eigenvalue weighted by molar-refractivity contribution is -0.786. The molecule has 0 amide bonds. The average molecular weight is 249 g/mol. The predicted molar refractivity (Wildman–Crippen MR) is 62.9 cm³/mol. The lowest BCUT2D eigenvalue weighted by Crippen LogP contribution is -2.68. The SMILES string of the molecule is O=[N+]([O-])OC12CC3C4CC5CC3C(C1)C(C5)C4C2. The maximum Gasteiger partial charge on any atom is 0.295 e. The second kappa shape index (κ2) is 2.86. The largest absolute Gasteiger partial charge is 0.307 e. The van der Waals surface area contributed by atoms with Crippen molar-refractivity contribution in [3.8, 4) is 0 Å². The molecule has 0 spiro atoms. The zero-order valence-electron chi connectivity index (χ0n) is 10.5. The van der Waals surface area contributed by atoms with E-state index in [1.54, 1.807) is 0 Å². The van der Waals surface area contributed by atoms with Crippen molar-refractivity contribution < 1.29 is 9.92 Å². The third-order valence-electron chi connectivity index (χ3n) is 7.21. The molecule has 0 N–H and O–H groups in total. The fourth-order valence-electron chi connectivity index (χ4n) is 7.11. The summed E-state index contributed by atoms with van der Waals surface area (Å²) in [5, 5.41) is 10.3. The minimum Gasteiger partial charge on any atom is -0.307 e. The molecule has 7 aliphatic carbocycles. The molecule has 0 heterocycles. The summed E-state index contributed by atoms with van der Waals surface area (Å²) in [7, 11) is 0. The van der Waals surface area contributed by atoms with E-state index in [0.29, 0.717) is 0 Å². The van der Waals surface area contributed by atoms with Gasteiger partial charge in [0.05, 0.1) is 0 Å². The van der Waals surface area contributed by atoms with Gasteiger partial charge < -0.3 is 4.84 Å². The molecule has 0 aromatic carbocycles. The van der Waals surface area contributed by atoms with Crippen LogP contribution in [0.25, 0.3) is 0 Å². The molecule has 8 bridgehead atoms.